The molecule has 0 spiro atoms. The monoisotopic (exact) mass is 447 g/mol. The summed E-state index contributed by atoms with van der Waals surface area (Å²) in [6.07, 6.45) is 5.53. The number of thiophene rings is 1. The Labute approximate surface area is 188 Å². The zero-order valence-electron chi connectivity index (χ0n) is 17.5. The van der Waals surface area contributed by atoms with Crippen molar-refractivity contribution < 1.29 is 14.3 Å². The van der Waals surface area contributed by atoms with Gasteiger partial charge in [-0.2, -0.15) is 0 Å². The van der Waals surface area contributed by atoms with Gasteiger partial charge in [0, 0.05) is 25.2 Å². The van der Waals surface area contributed by atoms with Crippen molar-refractivity contribution in [3.8, 4) is 17.4 Å². The first-order chi connectivity index (χ1) is 15.6. The largest absolute Gasteiger partial charge is 0.439 e. The third-order valence-corrected chi connectivity index (χ3v) is 6.66. The van der Waals surface area contributed by atoms with Crippen LogP contribution in [0, 0.1) is 6.92 Å². The van der Waals surface area contributed by atoms with Crippen LogP contribution in [-0.4, -0.2) is 20.5 Å². The zero-order chi connectivity index (χ0) is 22.1. The fraction of sp³-hybridized carbons (Fsp3) is 0.250. The minimum absolute atomic E-state index is 0.0595. The molecular weight excluding hydrogens is 426 g/mol. The van der Waals surface area contributed by atoms with Crippen LogP contribution >= 0.6 is 11.3 Å². The number of aromatic nitrogens is 3. The molecule has 0 N–H and O–H groups in total. The van der Waals surface area contributed by atoms with Crippen LogP contribution in [0.4, 0.5) is 0 Å². The number of pyridine rings is 1. The van der Waals surface area contributed by atoms with Crippen molar-refractivity contribution in [2.75, 3.05) is 0 Å². The van der Waals surface area contributed by atoms with E-state index in [0.717, 1.165) is 31.5 Å². The highest BCUT2D eigenvalue weighted by Crippen LogP contribution is 2.30. The summed E-state index contributed by atoms with van der Waals surface area (Å²) in [5.74, 6) is 1.77. The van der Waals surface area contributed by atoms with Crippen LogP contribution in [0.3, 0.4) is 0 Å². The average molecular weight is 448 g/mol. The third-order valence-electron chi connectivity index (χ3n) is 5.49. The van der Waals surface area contributed by atoms with E-state index in [1.165, 1.54) is 11.3 Å². The average Bonchev–Trinajstić information content (AvgIpc) is 2.96. The molecule has 32 heavy (non-hydrogen) atoms. The van der Waals surface area contributed by atoms with Gasteiger partial charge in [-0.1, -0.05) is 12.5 Å². The Morgan fingerprint density at radius 3 is 2.66 bits per heavy atom. The molecule has 8 heteroatoms. The second-order valence-corrected chi connectivity index (χ2v) is 8.66. The quantitative estimate of drug-likeness (QED) is 0.327. The van der Waals surface area contributed by atoms with Gasteiger partial charge in [0.05, 0.1) is 5.39 Å². The second kappa shape index (κ2) is 8.55. The minimum Gasteiger partial charge on any atom is -0.439 e. The summed E-state index contributed by atoms with van der Waals surface area (Å²) in [6, 6.07) is 12.1. The van der Waals surface area contributed by atoms with Crippen molar-refractivity contribution in [1.29, 1.82) is 0 Å². The van der Waals surface area contributed by atoms with E-state index in [2.05, 4.69) is 4.98 Å². The lowest BCUT2D eigenvalue weighted by molar-refractivity contribution is 0.0739. The van der Waals surface area contributed by atoms with Crippen LogP contribution in [-0.2, 0) is 13.0 Å². The Balaban J connectivity index is 1.38. The number of carbonyl (C=O) groups excluding carboxylic acids is 1. The molecule has 0 unspecified atom stereocenters. The van der Waals surface area contributed by atoms with Gasteiger partial charge in [-0.25, -0.2) is 14.8 Å². The number of hydrogen-bond donors (Lipinski definition) is 0. The number of fused-ring (bicyclic) bond motifs is 2. The van der Waals surface area contributed by atoms with Crippen LogP contribution in [0.1, 0.15) is 40.3 Å². The van der Waals surface area contributed by atoms with E-state index in [-0.39, 0.29) is 5.56 Å². The minimum atomic E-state index is -0.497. The predicted octanol–water partition coefficient (Wildman–Crippen LogP) is 4.90. The van der Waals surface area contributed by atoms with Gasteiger partial charge in [0.25, 0.3) is 5.56 Å². The Hall–Kier alpha value is -3.52. The molecule has 4 heterocycles. The van der Waals surface area contributed by atoms with E-state index in [0.29, 0.717) is 44.6 Å². The van der Waals surface area contributed by atoms with Crippen molar-refractivity contribution in [1.82, 2.24) is 14.5 Å². The number of nitrogens with zero attached hydrogens (tertiary/aromatic N) is 3. The first-order valence-electron chi connectivity index (χ1n) is 10.5. The van der Waals surface area contributed by atoms with Gasteiger partial charge in [0.2, 0.25) is 5.88 Å². The fourth-order valence-electron chi connectivity index (χ4n) is 3.86. The Kier molecular flexibility index (Phi) is 5.45. The summed E-state index contributed by atoms with van der Waals surface area (Å²) in [5, 5.41) is 0.520. The molecule has 7 nitrogen and oxygen atoms in total. The maximum absolute atomic E-state index is 13.1. The molecular formula is C24H21N3O4S. The number of aryl methyl sites for hydroxylation is 2. The maximum Gasteiger partial charge on any atom is 0.354 e. The number of carbonyl (C=O) groups is 1. The highest BCUT2D eigenvalue weighted by Gasteiger charge is 2.23. The van der Waals surface area contributed by atoms with Crippen molar-refractivity contribution in [2.24, 2.45) is 0 Å². The molecule has 0 saturated carbocycles. The van der Waals surface area contributed by atoms with Crippen LogP contribution < -0.4 is 15.0 Å². The predicted molar refractivity (Wildman–Crippen MR) is 122 cm³/mol. The molecule has 0 fully saturated rings. The Morgan fingerprint density at radius 1 is 1.06 bits per heavy atom. The summed E-state index contributed by atoms with van der Waals surface area (Å²) in [5.41, 5.74) is 0.567. The van der Waals surface area contributed by atoms with Crippen molar-refractivity contribution in [2.45, 2.75) is 39.2 Å². The molecule has 0 radical (unpaired) electrons. The number of ether oxygens (including phenoxy) is 2. The summed E-state index contributed by atoms with van der Waals surface area (Å²) in [4.78, 5) is 35.8. The third kappa shape index (κ3) is 3.89. The van der Waals surface area contributed by atoms with Crippen LogP contribution in [0.2, 0.25) is 0 Å². The molecule has 162 valence electrons. The summed E-state index contributed by atoms with van der Waals surface area (Å²) in [7, 11) is 0. The van der Waals surface area contributed by atoms with Gasteiger partial charge in [-0.3, -0.25) is 9.36 Å². The molecule has 1 aromatic carbocycles. The SMILES string of the molecule is Cc1c(C(=O)Oc2ccc(Oc3ccccn3)cc2)sc2nc3n(c(=O)c12)CCCCC3. The van der Waals surface area contributed by atoms with Gasteiger partial charge in [-0.05, 0) is 55.7 Å². The highest BCUT2D eigenvalue weighted by atomic mass is 32.1. The van der Waals surface area contributed by atoms with Gasteiger partial charge in [0.15, 0.2) is 0 Å². The number of esters is 1. The lowest BCUT2D eigenvalue weighted by atomic mass is 10.2. The normalized spacial score (nSPS) is 13.4. The molecule has 0 atom stereocenters. The summed E-state index contributed by atoms with van der Waals surface area (Å²) in [6.45, 7) is 2.46. The molecule has 1 aliphatic rings. The van der Waals surface area contributed by atoms with Gasteiger partial charge >= 0.3 is 5.97 Å². The molecule has 0 aliphatic carbocycles. The van der Waals surface area contributed by atoms with Crippen LogP contribution in [0.25, 0.3) is 10.2 Å². The number of hydrogen-bond acceptors (Lipinski definition) is 7. The second-order valence-electron chi connectivity index (χ2n) is 7.66. The maximum atomic E-state index is 13.1. The molecule has 0 saturated heterocycles. The molecule has 4 aromatic rings. The summed E-state index contributed by atoms with van der Waals surface area (Å²) >= 11 is 1.22. The highest BCUT2D eigenvalue weighted by molar-refractivity contribution is 7.20. The Morgan fingerprint density at radius 2 is 1.88 bits per heavy atom. The number of rotatable bonds is 4. The topological polar surface area (TPSA) is 83.3 Å². The van der Waals surface area contributed by atoms with Crippen molar-refractivity contribution in [3.05, 3.63) is 75.3 Å². The van der Waals surface area contributed by atoms with Gasteiger partial charge in [0.1, 0.15) is 27.0 Å². The number of benzene rings is 1. The van der Waals surface area contributed by atoms with Gasteiger partial charge in [-0.15, -0.1) is 11.3 Å². The van der Waals surface area contributed by atoms with E-state index < -0.39 is 5.97 Å². The molecule has 0 amide bonds. The lowest BCUT2D eigenvalue weighted by Gasteiger charge is -2.08. The molecule has 5 rings (SSSR count). The van der Waals surface area contributed by atoms with Crippen LogP contribution in [0.15, 0.2) is 53.5 Å². The fourth-order valence-corrected chi connectivity index (χ4v) is 4.93. The molecule has 1 aliphatic heterocycles. The van der Waals surface area contributed by atoms with E-state index in [1.54, 1.807) is 48.0 Å². The van der Waals surface area contributed by atoms with E-state index >= 15 is 0 Å². The van der Waals surface area contributed by atoms with Crippen molar-refractivity contribution in [3.63, 3.8) is 0 Å². The van der Waals surface area contributed by atoms with Crippen molar-refractivity contribution >= 4 is 27.5 Å². The molecule has 0 bridgehead atoms. The van der Waals surface area contributed by atoms with Gasteiger partial charge < -0.3 is 9.47 Å². The van der Waals surface area contributed by atoms with Crippen LogP contribution in [0.5, 0.6) is 17.4 Å². The van der Waals surface area contributed by atoms with E-state index in [1.807, 2.05) is 12.1 Å². The summed E-state index contributed by atoms with van der Waals surface area (Å²) < 4.78 is 13.0. The first-order valence-corrected chi connectivity index (χ1v) is 11.4. The standard InChI is InChI=1S/C24H21N3O4S/c1-15-20-22(26-18-7-3-2-6-14-27(18)23(20)28)32-21(15)24(29)31-17-11-9-16(10-12-17)30-19-8-4-5-13-25-19/h4-5,8-13H,2-3,6-7,14H2,1H3. The van der Waals surface area contributed by atoms with E-state index in [4.69, 9.17) is 14.5 Å². The van der Waals surface area contributed by atoms with E-state index in [9.17, 15) is 9.59 Å². The smallest absolute Gasteiger partial charge is 0.354 e. The lowest BCUT2D eigenvalue weighted by Crippen LogP contribution is -2.24. The Bertz CT molecular complexity index is 1340. The molecule has 3 aromatic heterocycles. The first kappa shape index (κ1) is 20.4. The zero-order valence-corrected chi connectivity index (χ0v) is 18.4.